The number of aliphatic imine (C=N–C) groups is 1. The molecule has 0 radical (unpaired) electrons. The first-order valence-corrected chi connectivity index (χ1v) is 7.71. The second-order valence-electron chi connectivity index (χ2n) is 5.52. The number of aromatic hydroxyl groups is 1. The molecule has 3 N–H and O–H groups in total. The number of benzene rings is 2. The summed E-state index contributed by atoms with van der Waals surface area (Å²) in [6, 6.07) is 18.3. The summed E-state index contributed by atoms with van der Waals surface area (Å²) in [5.74, 6) is 0.159. The summed E-state index contributed by atoms with van der Waals surface area (Å²) in [4.78, 5) is 20.7. The van der Waals surface area contributed by atoms with Gasteiger partial charge in [0, 0.05) is 11.1 Å². The maximum absolute atomic E-state index is 12.1. The lowest BCUT2D eigenvalue weighted by atomic mass is 10.2. The highest BCUT2D eigenvalue weighted by Crippen LogP contribution is 2.23. The molecule has 0 saturated carbocycles. The third-order valence-corrected chi connectivity index (χ3v) is 3.74. The van der Waals surface area contributed by atoms with Crippen molar-refractivity contribution in [2.75, 3.05) is 5.32 Å². The van der Waals surface area contributed by atoms with Crippen molar-refractivity contribution in [2.24, 2.45) is 4.99 Å². The number of fused-ring (bicyclic) bond motifs is 1. The zero-order valence-electron chi connectivity index (χ0n) is 13.1. The maximum Gasteiger partial charge on any atom is 0.276 e. The van der Waals surface area contributed by atoms with Crippen LogP contribution in [0.5, 0.6) is 5.75 Å². The molecule has 6 heteroatoms. The molecule has 4 rings (SSSR count). The third-order valence-electron chi connectivity index (χ3n) is 3.74. The second-order valence-corrected chi connectivity index (χ2v) is 5.52. The molecule has 3 aromatic rings. The van der Waals surface area contributed by atoms with Crippen LogP contribution in [-0.2, 0) is 4.79 Å². The van der Waals surface area contributed by atoms with Gasteiger partial charge in [-0.3, -0.25) is 10.1 Å². The van der Waals surface area contributed by atoms with Gasteiger partial charge in [-0.2, -0.15) is 0 Å². The molecule has 2 aromatic carbocycles. The summed E-state index contributed by atoms with van der Waals surface area (Å²) in [6.45, 7) is 0. The average Bonchev–Trinajstić information content (AvgIpc) is 2.96. The van der Waals surface area contributed by atoms with Crippen LogP contribution in [0.2, 0.25) is 0 Å². The van der Waals surface area contributed by atoms with E-state index in [1.54, 1.807) is 24.3 Å². The third kappa shape index (κ3) is 3.05. The number of rotatable bonds is 2. The Hall–Kier alpha value is -3.67. The smallest absolute Gasteiger partial charge is 0.276 e. The van der Waals surface area contributed by atoms with E-state index in [1.165, 1.54) is 0 Å². The van der Waals surface area contributed by atoms with Crippen LogP contribution in [0.3, 0.4) is 0 Å². The molecule has 0 saturated heterocycles. The standard InChI is InChI=1S/C19H14N4O2/c24-16-8-4-5-12-9-10-14(20-17(12)16)11-15-18(25)23-19(22-15)21-13-6-2-1-3-7-13/h1-11,24H,(H2,21,22,23,25). The van der Waals surface area contributed by atoms with Crippen molar-refractivity contribution in [1.82, 2.24) is 10.3 Å². The average molecular weight is 330 g/mol. The van der Waals surface area contributed by atoms with Crippen LogP contribution in [0.15, 0.2) is 71.4 Å². The first-order chi connectivity index (χ1) is 12.2. The minimum atomic E-state index is -0.308. The van der Waals surface area contributed by atoms with Crippen molar-refractivity contribution >= 4 is 34.5 Å². The Kier molecular flexibility index (Phi) is 3.63. The number of para-hydroxylation sites is 2. The Bertz CT molecular complexity index is 1030. The highest BCUT2D eigenvalue weighted by Gasteiger charge is 2.20. The first-order valence-electron chi connectivity index (χ1n) is 7.71. The number of nitrogens with one attached hydrogen (secondary N) is 2. The van der Waals surface area contributed by atoms with Gasteiger partial charge in [0.25, 0.3) is 5.91 Å². The van der Waals surface area contributed by atoms with Gasteiger partial charge >= 0.3 is 0 Å². The van der Waals surface area contributed by atoms with Gasteiger partial charge in [-0.15, -0.1) is 0 Å². The predicted octanol–water partition coefficient (Wildman–Crippen LogP) is 2.88. The molecule has 1 aliphatic heterocycles. The van der Waals surface area contributed by atoms with E-state index < -0.39 is 0 Å². The molecule has 122 valence electrons. The van der Waals surface area contributed by atoms with E-state index in [9.17, 15) is 9.90 Å². The lowest BCUT2D eigenvalue weighted by Gasteiger charge is -2.03. The van der Waals surface area contributed by atoms with E-state index in [0.717, 1.165) is 11.1 Å². The van der Waals surface area contributed by atoms with Crippen LogP contribution < -0.4 is 10.6 Å². The molecule has 1 amide bonds. The molecule has 0 spiro atoms. The summed E-state index contributed by atoms with van der Waals surface area (Å²) in [7, 11) is 0. The van der Waals surface area contributed by atoms with Crippen LogP contribution in [0.4, 0.5) is 5.69 Å². The minimum absolute atomic E-state index is 0.101. The molecule has 0 unspecified atom stereocenters. The largest absolute Gasteiger partial charge is 0.506 e. The molecule has 0 bridgehead atoms. The number of pyridine rings is 1. The topological polar surface area (TPSA) is 86.6 Å². The van der Waals surface area contributed by atoms with Gasteiger partial charge in [-0.25, -0.2) is 9.98 Å². The number of guanidine groups is 1. The minimum Gasteiger partial charge on any atom is -0.506 e. The number of phenolic OH excluding ortho intramolecular Hbond substituents is 1. The van der Waals surface area contributed by atoms with Crippen LogP contribution in [0.25, 0.3) is 17.0 Å². The number of carbonyl (C=O) groups excluding carboxylic acids is 1. The van der Waals surface area contributed by atoms with Crippen LogP contribution >= 0.6 is 0 Å². The Morgan fingerprint density at radius 3 is 2.68 bits per heavy atom. The lowest BCUT2D eigenvalue weighted by Crippen LogP contribution is -2.29. The van der Waals surface area contributed by atoms with Gasteiger partial charge < -0.3 is 10.4 Å². The molecule has 0 atom stereocenters. The number of phenols is 1. The SMILES string of the molecule is O=C1NC(Nc2ccccc2)=NC1=Cc1ccc2cccc(O)c2n1. The summed E-state index contributed by atoms with van der Waals surface area (Å²) < 4.78 is 0. The zero-order valence-corrected chi connectivity index (χ0v) is 13.1. The highest BCUT2D eigenvalue weighted by atomic mass is 16.3. The Balaban J connectivity index is 1.64. The molecule has 1 aromatic heterocycles. The van der Waals surface area contributed by atoms with Crippen molar-refractivity contribution in [3.8, 4) is 5.75 Å². The maximum atomic E-state index is 12.1. The lowest BCUT2D eigenvalue weighted by molar-refractivity contribution is -0.115. The number of amides is 1. The molecule has 25 heavy (non-hydrogen) atoms. The highest BCUT2D eigenvalue weighted by molar-refractivity contribution is 6.17. The number of hydrogen-bond donors (Lipinski definition) is 3. The summed E-state index contributed by atoms with van der Waals surface area (Å²) in [5.41, 5.74) is 2.11. The zero-order chi connectivity index (χ0) is 17.2. The fourth-order valence-corrected chi connectivity index (χ4v) is 2.55. The molecular weight excluding hydrogens is 316 g/mol. The van der Waals surface area contributed by atoms with E-state index in [2.05, 4.69) is 20.6 Å². The quantitative estimate of drug-likeness (QED) is 0.631. The number of carbonyl (C=O) groups is 1. The summed E-state index contributed by atoms with van der Waals surface area (Å²) in [6.07, 6.45) is 1.58. The van der Waals surface area contributed by atoms with Crippen molar-refractivity contribution in [3.05, 3.63) is 72.1 Å². The van der Waals surface area contributed by atoms with Crippen molar-refractivity contribution < 1.29 is 9.90 Å². The van der Waals surface area contributed by atoms with Crippen LogP contribution in [0, 0.1) is 0 Å². The predicted molar refractivity (Wildman–Crippen MR) is 97.0 cm³/mol. The van der Waals surface area contributed by atoms with E-state index in [0.29, 0.717) is 17.2 Å². The van der Waals surface area contributed by atoms with Crippen LogP contribution in [0.1, 0.15) is 5.69 Å². The fourth-order valence-electron chi connectivity index (χ4n) is 2.55. The molecule has 6 nitrogen and oxygen atoms in total. The molecule has 1 aliphatic rings. The van der Waals surface area contributed by atoms with Crippen molar-refractivity contribution in [2.45, 2.75) is 0 Å². The van der Waals surface area contributed by atoms with E-state index >= 15 is 0 Å². The normalized spacial score (nSPS) is 15.3. The van der Waals surface area contributed by atoms with E-state index in [4.69, 9.17) is 0 Å². The molecule has 0 aliphatic carbocycles. The first kappa shape index (κ1) is 14.9. The van der Waals surface area contributed by atoms with E-state index in [-0.39, 0.29) is 17.4 Å². The number of hydrogen-bond acceptors (Lipinski definition) is 5. The van der Waals surface area contributed by atoms with Gasteiger partial charge in [-0.1, -0.05) is 36.4 Å². The van der Waals surface area contributed by atoms with Gasteiger partial charge in [0.05, 0.1) is 5.69 Å². The summed E-state index contributed by atoms with van der Waals surface area (Å²) >= 11 is 0. The Labute approximate surface area is 143 Å². The number of nitrogens with zero attached hydrogens (tertiary/aromatic N) is 2. The van der Waals surface area contributed by atoms with Gasteiger partial charge in [0.1, 0.15) is 17.0 Å². The number of anilines is 1. The van der Waals surface area contributed by atoms with E-state index in [1.807, 2.05) is 42.5 Å². The van der Waals surface area contributed by atoms with Crippen LogP contribution in [-0.4, -0.2) is 22.0 Å². The summed E-state index contributed by atoms with van der Waals surface area (Å²) in [5, 5.41) is 16.5. The molecule has 2 heterocycles. The Morgan fingerprint density at radius 1 is 1.00 bits per heavy atom. The Morgan fingerprint density at radius 2 is 1.84 bits per heavy atom. The van der Waals surface area contributed by atoms with Crippen molar-refractivity contribution in [1.29, 1.82) is 0 Å². The van der Waals surface area contributed by atoms with Crippen molar-refractivity contribution in [3.63, 3.8) is 0 Å². The monoisotopic (exact) mass is 330 g/mol. The fraction of sp³-hybridized carbons (Fsp3) is 0. The molecular formula is C19H14N4O2. The number of aromatic nitrogens is 1. The second kappa shape index (κ2) is 6.09. The molecule has 0 fully saturated rings. The van der Waals surface area contributed by atoms with Gasteiger partial charge in [0.2, 0.25) is 5.96 Å². The van der Waals surface area contributed by atoms with Gasteiger partial charge in [0.15, 0.2) is 0 Å². The van der Waals surface area contributed by atoms with Gasteiger partial charge in [-0.05, 0) is 30.3 Å².